The Bertz CT molecular complexity index is 287. The minimum Gasteiger partial charge on any atom is -0.463 e. The first-order chi connectivity index (χ1) is 5.69. The van der Waals surface area contributed by atoms with Crippen LogP contribution in [-0.4, -0.2) is 18.2 Å². The van der Waals surface area contributed by atoms with Gasteiger partial charge in [0, 0.05) is 5.56 Å². The third kappa shape index (κ3) is 1.48. The lowest BCUT2D eigenvalue weighted by Gasteiger charge is -1.95. The Morgan fingerprint density at radius 2 is 2.42 bits per heavy atom. The van der Waals surface area contributed by atoms with Gasteiger partial charge >= 0.3 is 5.97 Å². The highest BCUT2D eigenvalue weighted by molar-refractivity contribution is 5.87. The SMILES string of the molecule is COC(=O)c1oc(C)cc1CO. The first-order valence-electron chi connectivity index (χ1n) is 3.47. The molecule has 0 amide bonds. The van der Waals surface area contributed by atoms with E-state index in [0.717, 1.165) is 0 Å². The summed E-state index contributed by atoms with van der Waals surface area (Å²) in [7, 11) is 1.27. The first kappa shape index (κ1) is 8.80. The quantitative estimate of drug-likeness (QED) is 0.669. The molecule has 0 fully saturated rings. The number of carbonyl (C=O) groups is 1. The fourth-order valence-electron chi connectivity index (χ4n) is 0.950. The largest absolute Gasteiger partial charge is 0.463 e. The standard InChI is InChI=1S/C8H10O4/c1-5-3-6(4-9)7(12-5)8(10)11-2/h3,9H,4H2,1-2H3. The molecule has 0 saturated heterocycles. The highest BCUT2D eigenvalue weighted by atomic mass is 16.5. The molecule has 0 aliphatic carbocycles. The fraction of sp³-hybridized carbons (Fsp3) is 0.375. The number of furan rings is 1. The van der Waals surface area contributed by atoms with Crippen molar-refractivity contribution in [2.45, 2.75) is 13.5 Å². The van der Waals surface area contributed by atoms with Gasteiger partial charge in [0.25, 0.3) is 0 Å². The highest BCUT2D eigenvalue weighted by Gasteiger charge is 2.16. The van der Waals surface area contributed by atoms with Crippen molar-refractivity contribution in [1.82, 2.24) is 0 Å². The van der Waals surface area contributed by atoms with Crippen LogP contribution in [0.5, 0.6) is 0 Å². The van der Waals surface area contributed by atoms with Gasteiger partial charge in [-0.1, -0.05) is 0 Å². The average Bonchev–Trinajstić information content (AvgIpc) is 2.45. The summed E-state index contributed by atoms with van der Waals surface area (Å²) in [5.41, 5.74) is 0.458. The van der Waals surface area contributed by atoms with E-state index >= 15 is 0 Å². The van der Waals surface area contributed by atoms with E-state index in [1.807, 2.05) is 0 Å². The van der Waals surface area contributed by atoms with Crippen molar-refractivity contribution >= 4 is 5.97 Å². The molecule has 1 aromatic rings. The Hall–Kier alpha value is -1.29. The highest BCUT2D eigenvalue weighted by Crippen LogP contribution is 2.15. The van der Waals surface area contributed by atoms with Crippen LogP contribution in [0, 0.1) is 6.92 Å². The number of hydrogen-bond donors (Lipinski definition) is 1. The number of rotatable bonds is 2. The van der Waals surface area contributed by atoms with Crippen LogP contribution >= 0.6 is 0 Å². The van der Waals surface area contributed by atoms with Crippen molar-refractivity contribution in [2.75, 3.05) is 7.11 Å². The number of carbonyl (C=O) groups excluding carboxylic acids is 1. The third-order valence-electron chi connectivity index (χ3n) is 1.47. The van der Waals surface area contributed by atoms with Crippen LogP contribution < -0.4 is 0 Å². The molecule has 0 bridgehead atoms. The van der Waals surface area contributed by atoms with Gasteiger partial charge in [-0.15, -0.1) is 0 Å². The molecule has 66 valence electrons. The molecule has 1 rings (SSSR count). The van der Waals surface area contributed by atoms with Gasteiger partial charge in [0.15, 0.2) is 0 Å². The molecule has 1 aromatic heterocycles. The number of aliphatic hydroxyl groups excluding tert-OH is 1. The number of aryl methyl sites for hydroxylation is 1. The van der Waals surface area contributed by atoms with Crippen LogP contribution in [0.25, 0.3) is 0 Å². The van der Waals surface area contributed by atoms with Crippen LogP contribution in [0.4, 0.5) is 0 Å². The lowest BCUT2D eigenvalue weighted by atomic mass is 10.2. The smallest absolute Gasteiger partial charge is 0.374 e. The Balaban J connectivity index is 3.04. The molecular weight excluding hydrogens is 160 g/mol. The zero-order chi connectivity index (χ0) is 9.14. The van der Waals surface area contributed by atoms with Crippen molar-refractivity contribution in [3.05, 3.63) is 23.2 Å². The summed E-state index contributed by atoms with van der Waals surface area (Å²) in [5.74, 6) is 0.101. The Morgan fingerprint density at radius 1 is 1.75 bits per heavy atom. The second kappa shape index (κ2) is 3.40. The summed E-state index contributed by atoms with van der Waals surface area (Å²) in [6.45, 7) is 1.48. The average molecular weight is 170 g/mol. The van der Waals surface area contributed by atoms with E-state index < -0.39 is 5.97 Å². The van der Waals surface area contributed by atoms with Gasteiger partial charge < -0.3 is 14.3 Å². The topological polar surface area (TPSA) is 59.7 Å². The summed E-state index contributed by atoms with van der Waals surface area (Å²) in [6, 6.07) is 1.60. The van der Waals surface area contributed by atoms with Crippen molar-refractivity contribution in [1.29, 1.82) is 0 Å². The summed E-state index contributed by atoms with van der Waals surface area (Å²) in [4.78, 5) is 11.0. The van der Waals surface area contributed by atoms with E-state index in [1.165, 1.54) is 7.11 Å². The van der Waals surface area contributed by atoms with E-state index in [-0.39, 0.29) is 12.4 Å². The molecule has 4 heteroatoms. The minimum absolute atomic E-state index is 0.0810. The maximum atomic E-state index is 11.0. The van der Waals surface area contributed by atoms with Gasteiger partial charge in [-0.25, -0.2) is 4.79 Å². The van der Waals surface area contributed by atoms with E-state index in [2.05, 4.69) is 4.74 Å². The maximum absolute atomic E-state index is 11.0. The molecule has 0 aliphatic heterocycles. The van der Waals surface area contributed by atoms with Gasteiger partial charge in [0.1, 0.15) is 5.76 Å². The molecule has 12 heavy (non-hydrogen) atoms. The van der Waals surface area contributed by atoms with Gasteiger partial charge in [-0.3, -0.25) is 0 Å². The molecule has 0 spiro atoms. The predicted molar refractivity (Wildman–Crippen MR) is 40.7 cm³/mol. The molecular formula is C8H10O4. The maximum Gasteiger partial charge on any atom is 0.374 e. The van der Waals surface area contributed by atoms with Crippen LogP contribution in [-0.2, 0) is 11.3 Å². The Kier molecular flexibility index (Phi) is 2.50. The zero-order valence-corrected chi connectivity index (χ0v) is 6.96. The summed E-state index contributed by atoms with van der Waals surface area (Å²) >= 11 is 0. The third-order valence-corrected chi connectivity index (χ3v) is 1.47. The van der Waals surface area contributed by atoms with Crippen molar-refractivity contribution in [2.24, 2.45) is 0 Å². The second-order valence-corrected chi connectivity index (χ2v) is 2.36. The second-order valence-electron chi connectivity index (χ2n) is 2.36. The Morgan fingerprint density at radius 3 is 2.92 bits per heavy atom. The van der Waals surface area contributed by atoms with E-state index in [4.69, 9.17) is 9.52 Å². The van der Waals surface area contributed by atoms with E-state index in [9.17, 15) is 4.79 Å². The van der Waals surface area contributed by atoms with Crippen LogP contribution in [0.15, 0.2) is 10.5 Å². The molecule has 4 nitrogen and oxygen atoms in total. The minimum atomic E-state index is -0.563. The van der Waals surface area contributed by atoms with Gasteiger partial charge in [-0.2, -0.15) is 0 Å². The molecule has 1 heterocycles. The summed E-state index contributed by atoms with van der Waals surface area (Å²) in [5, 5.41) is 8.81. The molecule has 0 radical (unpaired) electrons. The molecule has 0 atom stereocenters. The summed E-state index contributed by atoms with van der Waals surface area (Å²) < 4.78 is 9.47. The number of esters is 1. The predicted octanol–water partition coefficient (Wildman–Crippen LogP) is 0.867. The van der Waals surface area contributed by atoms with Crippen molar-refractivity contribution in [3.8, 4) is 0 Å². The van der Waals surface area contributed by atoms with Crippen molar-refractivity contribution < 1.29 is 19.1 Å². The number of methoxy groups -OCH3 is 1. The van der Waals surface area contributed by atoms with Gasteiger partial charge in [0.2, 0.25) is 5.76 Å². The molecule has 0 unspecified atom stereocenters. The van der Waals surface area contributed by atoms with E-state index in [1.54, 1.807) is 13.0 Å². The van der Waals surface area contributed by atoms with Crippen LogP contribution in [0.3, 0.4) is 0 Å². The summed E-state index contributed by atoms with van der Waals surface area (Å²) in [6.07, 6.45) is 0. The first-order valence-corrected chi connectivity index (χ1v) is 3.47. The fourth-order valence-corrected chi connectivity index (χ4v) is 0.950. The number of ether oxygens (including phenoxy) is 1. The van der Waals surface area contributed by atoms with Gasteiger partial charge in [0.05, 0.1) is 13.7 Å². The number of hydrogen-bond acceptors (Lipinski definition) is 4. The lowest BCUT2D eigenvalue weighted by molar-refractivity contribution is 0.0559. The zero-order valence-electron chi connectivity index (χ0n) is 6.96. The number of aliphatic hydroxyl groups is 1. The lowest BCUT2D eigenvalue weighted by Crippen LogP contribution is -2.02. The Labute approximate surface area is 69.8 Å². The van der Waals surface area contributed by atoms with Gasteiger partial charge in [-0.05, 0) is 13.0 Å². The van der Waals surface area contributed by atoms with E-state index in [0.29, 0.717) is 11.3 Å². The van der Waals surface area contributed by atoms with Crippen molar-refractivity contribution in [3.63, 3.8) is 0 Å². The molecule has 0 saturated carbocycles. The monoisotopic (exact) mass is 170 g/mol. The molecule has 1 N–H and O–H groups in total. The van der Waals surface area contributed by atoms with Crippen LogP contribution in [0.2, 0.25) is 0 Å². The molecule has 0 aromatic carbocycles. The normalized spacial score (nSPS) is 9.92. The van der Waals surface area contributed by atoms with Crippen LogP contribution in [0.1, 0.15) is 21.9 Å². The molecule has 0 aliphatic rings.